The summed E-state index contributed by atoms with van der Waals surface area (Å²) in [4.78, 5) is 23.2. The van der Waals surface area contributed by atoms with Gasteiger partial charge in [0.1, 0.15) is 42.7 Å². The smallest absolute Gasteiger partial charge is 0.457 e. The van der Waals surface area contributed by atoms with Gasteiger partial charge < -0.3 is 39.9 Å². The summed E-state index contributed by atoms with van der Waals surface area (Å²) >= 11 is 0. The quantitative estimate of drug-likeness (QED) is 0.0148. The topological polar surface area (TPSA) is 192 Å². The van der Waals surface area contributed by atoms with Gasteiger partial charge in [-0.25, -0.2) is 4.57 Å². The molecule has 0 aromatic heterocycles. The maximum Gasteiger partial charge on any atom is 0.472 e. The Balaban J connectivity index is 2.38. The highest BCUT2D eigenvalue weighted by molar-refractivity contribution is 7.47. The maximum absolute atomic E-state index is 12.8. The van der Waals surface area contributed by atoms with Crippen molar-refractivity contribution in [1.29, 1.82) is 0 Å². The normalized spacial score (nSPS) is 22.5. The van der Waals surface area contributed by atoms with Crippen molar-refractivity contribution in [3.05, 3.63) is 12.2 Å². The molecule has 1 saturated carbocycles. The van der Waals surface area contributed by atoms with Gasteiger partial charge in [0.05, 0.1) is 13.2 Å². The fourth-order valence-electron chi connectivity index (χ4n) is 7.53. The van der Waals surface area contributed by atoms with Crippen LogP contribution in [0.1, 0.15) is 213 Å². The molecule has 1 rings (SSSR count). The van der Waals surface area contributed by atoms with Crippen molar-refractivity contribution in [2.75, 3.05) is 19.8 Å². The van der Waals surface area contributed by atoms with Gasteiger partial charge in [0, 0.05) is 13.0 Å². The first-order valence-corrected chi connectivity index (χ1v) is 25.5. The average molecular weight is 865 g/mol. The molecule has 6 unspecified atom stereocenters. The first-order valence-electron chi connectivity index (χ1n) is 24.0. The number of allylic oxidation sites excluding steroid dienone is 2. The van der Waals surface area contributed by atoms with Crippen LogP contribution in [-0.2, 0) is 27.9 Å². The molecule has 0 saturated heterocycles. The van der Waals surface area contributed by atoms with E-state index in [0.717, 1.165) is 57.8 Å². The van der Waals surface area contributed by atoms with Crippen molar-refractivity contribution in [1.82, 2.24) is 0 Å². The third-order valence-electron chi connectivity index (χ3n) is 11.4. The van der Waals surface area contributed by atoms with Gasteiger partial charge in [0.25, 0.3) is 0 Å². The molecule has 59 heavy (non-hydrogen) atoms. The number of phosphoric ester groups is 1. The molecular formula is C46H89O12P. The van der Waals surface area contributed by atoms with Crippen molar-refractivity contribution in [2.45, 2.75) is 256 Å². The SMILES string of the molecule is CCCCCCCCC/C=C\CCCCCCCC(=O)OC(COCCCCCCCCCCCCCCCCCC)COP(=O)(O)OC1C(O)C(O)C(O)C(O)C1O. The number of rotatable bonds is 41. The van der Waals surface area contributed by atoms with Crippen molar-refractivity contribution in [3.8, 4) is 0 Å². The van der Waals surface area contributed by atoms with Crippen LogP contribution in [0.2, 0.25) is 0 Å². The Morgan fingerprint density at radius 3 is 1.34 bits per heavy atom. The maximum atomic E-state index is 12.8. The highest BCUT2D eigenvalue weighted by Crippen LogP contribution is 2.47. The summed E-state index contributed by atoms with van der Waals surface area (Å²) in [5.74, 6) is -0.482. The van der Waals surface area contributed by atoms with E-state index in [1.807, 2.05) is 0 Å². The first kappa shape index (κ1) is 56.1. The number of hydrogen-bond acceptors (Lipinski definition) is 11. The van der Waals surface area contributed by atoms with Crippen LogP contribution in [0.3, 0.4) is 0 Å². The molecule has 6 atom stereocenters. The van der Waals surface area contributed by atoms with Crippen molar-refractivity contribution in [2.24, 2.45) is 0 Å². The molecule has 0 heterocycles. The Hall–Kier alpha value is -0.920. The lowest BCUT2D eigenvalue weighted by Crippen LogP contribution is -2.64. The van der Waals surface area contributed by atoms with Gasteiger partial charge >= 0.3 is 13.8 Å². The van der Waals surface area contributed by atoms with E-state index in [9.17, 15) is 39.8 Å². The number of unbranched alkanes of at least 4 members (excludes halogenated alkanes) is 27. The fraction of sp³-hybridized carbons (Fsp3) is 0.935. The van der Waals surface area contributed by atoms with Gasteiger partial charge in [-0.2, -0.15) is 0 Å². The summed E-state index contributed by atoms with van der Waals surface area (Å²) in [7, 11) is -5.01. The van der Waals surface area contributed by atoms with E-state index in [1.54, 1.807) is 0 Å². The number of phosphoric acid groups is 1. The molecule has 13 heteroatoms. The summed E-state index contributed by atoms with van der Waals surface area (Å²) in [5.41, 5.74) is 0. The lowest BCUT2D eigenvalue weighted by atomic mass is 9.85. The first-order chi connectivity index (χ1) is 28.5. The minimum Gasteiger partial charge on any atom is -0.457 e. The van der Waals surface area contributed by atoms with E-state index < -0.39 is 63.1 Å². The molecule has 0 spiro atoms. The molecule has 0 radical (unpaired) electrons. The Labute approximate surface area is 358 Å². The second-order valence-corrected chi connectivity index (χ2v) is 18.4. The second kappa shape index (κ2) is 37.6. The highest BCUT2D eigenvalue weighted by atomic mass is 31.2. The van der Waals surface area contributed by atoms with Crippen molar-refractivity contribution < 1.29 is 58.3 Å². The Bertz CT molecular complexity index is 1030. The molecule has 1 aliphatic rings. The average Bonchev–Trinajstić information content (AvgIpc) is 3.22. The lowest BCUT2D eigenvalue weighted by molar-refractivity contribution is -0.220. The molecule has 0 aliphatic heterocycles. The van der Waals surface area contributed by atoms with Crippen LogP contribution in [-0.4, -0.2) is 98.9 Å². The van der Waals surface area contributed by atoms with Crippen LogP contribution < -0.4 is 0 Å². The Morgan fingerprint density at radius 1 is 0.525 bits per heavy atom. The largest absolute Gasteiger partial charge is 0.472 e. The standard InChI is InChI=1S/C46H89O12P/c1-3-5-7-9-11-13-15-17-19-21-23-25-27-29-31-33-35-40(47)57-39(38-56-59(53,54)58-46-44(51)42(49)41(48)43(50)45(46)52)37-55-36-34-32-30-28-26-24-22-20-18-16-14-12-10-8-6-4-2/h19,21,39,41-46,48-52H,3-18,20,22-38H2,1-2H3,(H,53,54)/b21-19-. The van der Waals surface area contributed by atoms with E-state index in [2.05, 4.69) is 26.0 Å². The van der Waals surface area contributed by atoms with Crippen molar-refractivity contribution >= 4 is 13.8 Å². The van der Waals surface area contributed by atoms with E-state index in [1.165, 1.54) is 128 Å². The summed E-state index contributed by atoms with van der Waals surface area (Å²) < 4.78 is 34.2. The van der Waals surface area contributed by atoms with Crippen LogP contribution in [0.4, 0.5) is 0 Å². The minimum absolute atomic E-state index is 0.0742. The number of aliphatic hydroxyl groups excluding tert-OH is 5. The van der Waals surface area contributed by atoms with Crippen molar-refractivity contribution in [3.63, 3.8) is 0 Å². The van der Waals surface area contributed by atoms with Gasteiger partial charge in [0.15, 0.2) is 0 Å². The predicted octanol–water partition coefficient (Wildman–Crippen LogP) is 9.92. The third-order valence-corrected chi connectivity index (χ3v) is 12.4. The van der Waals surface area contributed by atoms with E-state index in [0.29, 0.717) is 13.0 Å². The predicted molar refractivity (Wildman–Crippen MR) is 235 cm³/mol. The van der Waals surface area contributed by atoms with Gasteiger partial charge in [-0.15, -0.1) is 0 Å². The molecule has 0 aromatic rings. The number of esters is 1. The molecule has 0 bridgehead atoms. The second-order valence-electron chi connectivity index (χ2n) is 17.0. The molecule has 350 valence electrons. The summed E-state index contributed by atoms with van der Waals surface area (Å²) in [6.45, 7) is 4.28. The zero-order valence-corrected chi connectivity index (χ0v) is 38.2. The minimum atomic E-state index is -5.01. The van der Waals surface area contributed by atoms with E-state index >= 15 is 0 Å². The molecule has 6 N–H and O–H groups in total. The number of hydrogen-bond donors (Lipinski definition) is 6. The summed E-state index contributed by atoms with van der Waals surface area (Å²) in [6.07, 6.45) is 28.5. The molecule has 0 aromatic carbocycles. The van der Waals surface area contributed by atoms with Crippen LogP contribution >= 0.6 is 7.82 Å². The third kappa shape index (κ3) is 29.9. The highest BCUT2D eigenvalue weighted by Gasteiger charge is 2.51. The zero-order valence-electron chi connectivity index (χ0n) is 37.3. The molecule has 12 nitrogen and oxygen atoms in total. The Kier molecular flexibility index (Phi) is 35.8. The molecule has 1 fully saturated rings. The van der Waals surface area contributed by atoms with E-state index in [4.69, 9.17) is 18.5 Å². The Morgan fingerprint density at radius 2 is 0.898 bits per heavy atom. The van der Waals surface area contributed by atoms with Gasteiger partial charge in [-0.1, -0.05) is 180 Å². The number of aliphatic hydroxyl groups is 5. The summed E-state index contributed by atoms with van der Waals surface area (Å²) in [6, 6.07) is 0. The van der Waals surface area contributed by atoms with Crippen LogP contribution in [0.25, 0.3) is 0 Å². The number of carbonyl (C=O) groups is 1. The molecular weight excluding hydrogens is 775 g/mol. The molecule has 1 aliphatic carbocycles. The van der Waals surface area contributed by atoms with Gasteiger partial charge in [-0.05, 0) is 38.5 Å². The lowest BCUT2D eigenvalue weighted by Gasteiger charge is -2.41. The van der Waals surface area contributed by atoms with Gasteiger partial charge in [-0.3, -0.25) is 13.8 Å². The summed E-state index contributed by atoms with van der Waals surface area (Å²) in [5, 5.41) is 50.2. The van der Waals surface area contributed by atoms with E-state index in [-0.39, 0.29) is 13.0 Å². The number of ether oxygens (including phenoxy) is 2. The van der Waals surface area contributed by atoms with Crippen LogP contribution in [0.5, 0.6) is 0 Å². The zero-order chi connectivity index (χ0) is 43.4. The monoisotopic (exact) mass is 865 g/mol. The van der Waals surface area contributed by atoms with Gasteiger partial charge in [0.2, 0.25) is 0 Å². The number of carbonyl (C=O) groups excluding carboxylic acids is 1. The fourth-order valence-corrected chi connectivity index (χ4v) is 8.50. The van der Waals surface area contributed by atoms with Crippen LogP contribution in [0, 0.1) is 0 Å². The molecule has 0 amide bonds. The van der Waals surface area contributed by atoms with Crippen LogP contribution in [0.15, 0.2) is 12.2 Å².